The number of halogens is 1. The summed E-state index contributed by atoms with van der Waals surface area (Å²) in [4.78, 5) is 0. The third-order valence-corrected chi connectivity index (χ3v) is 9.95. The lowest BCUT2D eigenvalue weighted by Crippen LogP contribution is -2.69. The van der Waals surface area contributed by atoms with Crippen molar-refractivity contribution in [3.63, 3.8) is 0 Å². The van der Waals surface area contributed by atoms with Crippen LogP contribution in [-0.4, -0.2) is 167 Å². The molecule has 0 radical (unpaired) electrons. The summed E-state index contributed by atoms with van der Waals surface area (Å²) < 4.78 is 60.7. The standard InChI is InChI=1S/C30H48FN5O14/c31-10-3-1-9(2-4-10)27-43-8-15-25(48-27)21(41)17(36)29(46-15)47-23-12(34)5-11(33)18(38)26(23)50-30-22(42)24(14(7-37)45-30)49-28-16(35)20(40)19(39)13(6-32)44-28/h1-4,11-30,37-42H,5-8,32-36H2/t11-,12+,13?,14-,15-,16-,17-,18+,19-,20-,21-,22-,23+,24-,25-,26-,27?,28-,29-,30+/m1/s1. The molecule has 1 aromatic rings. The Morgan fingerprint density at radius 1 is 0.680 bits per heavy atom. The number of hydrogen-bond acceptors (Lipinski definition) is 19. The molecule has 5 fully saturated rings. The second-order valence-corrected chi connectivity index (χ2v) is 13.3. The van der Waals surface area contributed by atoms with E-state index in [0.29, 0.717) is 5.56 Å². The van der Waals surface area contributed by atoms with E-state index in [1.54, 1.807) is 0 Å². The molecule has 19 nitrogen and oxygen atoms in total. The van der Waals surface area contributed by atoms with Crippen molar-refractivity contribution < 1.29 is 72.9 Å². The van der Waals surface area contributed by atoms with Crippen molar-refractivity contribution in [1.29, 1.82) is 0 Å². The fraction of sp³-hybridized carbons (Fsp3) is 0.800. The minimum absolute atomic E-state index is 0.0388. The number of ether oxygens (including phenoxy) is 8. The predicted octanol–water partition coefficient (Wildman–Crippen LogP) is -5.96. The molecule has 4 heterocycles. The summed E-state index contributed by atoms with van der Waals surface area (Å²) in [6.45, 7) is -0.865. The lowest BCUT2D eigenvalue weighted by Gasteiger charge is -2.49. The Balaban J connectivity index is 1.13. The molecule has 4 aliphatic heterocycles. The number of nitrogens with two attached hydrogens (primary N) is 5. The van der Waals surface area contributed by atoms with E-state index in [4.69, 9.17) is 66.6 Å². The van der Waals surface area contributed by atoms with Crippen molar-refractivity contribution in [1.82, 2.24) is 0 Å². The van der Waals surface area contributed by atoms with Crippen LogP contribution in [0.25, 0.3) is 0 Å². The molecule has 20 atom stereocenters. The summed E-state index contributed by atoms with van der Waals surface area (Å²) in [7, 11) is 0. The molecule has 2 unspecified atom stereocenters. The van der Waals surface area contributed by atoms with Gasteiger partial charge in [-0.1, -0.05) is 12.1 Å². The van der Waals surface area contributed by atoms with Gasteiger partial charge in [-0.2, -0.15) is 0 Å². The maximum absolute atomic E-state index is 13.4. The molecule has 0 spiro atoms. The van der Waals surface area contributed by atoms with E-state index >= 15 is 0 Å². The Hall–Kier alpha value is -1.61. The zero-order valence-corrected chi connectivity index (χ0v) is 26.9. The molecule has 1 saturated carbocycles. The molecule has 4 saturated heterocycles. The average molecular weight is 722 g/mol. The first kappa shape index (κ1) is 38.1. The van der Waals surface area contributed by atoms with Crippen molar-refractivity contribution >= 4 is 0 Å². The average Bonchev–Trinajstić information content (AvgIpc) is 3.40. The smallest absolute Gasteiger partial charge is 0.187 e. The van der Waals surface area contributed by atoms with Gasteiger partial charge in [0.15, 0.2) is 25.2 Å². The first-order valence-electron chi connectivity index (χ1n) is 16.5. The van der Waals surface area contributed by atoms with Gasteiger partial charge in [-0.05, 0) is 18.6 Å². The highest BCUT2D eigenvalue weighted by molar-refractivity contribution is 5.18. The highest BCUT2D eigenvalue weighted by atomic mass is 19.1. The Kier molecular flexibility index (Phi) is 12.0. The third-order valence-electron chi connectivity index (χ3n) is 9.95. The van der Waals surface area contributed by atoms with E-state index in [9.17, 15) is 35.0 Å². The van der Waals surface area contributed by atoms with Gasteiger partial charge in [0.05, 0.1) is 31.4 Å². The van der Waals surface area contributed by atoms with E-state index in [1.807, 2.05) is 0 Å². The number of hydrogen-bond donors (Lipinski definition) is 11. The monoisotopic (exact) mass is 721 g/mol. The quantitative estimate of drug-likeness (QED) is 0.113. The van der Waals surface area contributed by atoms with Gasteiger partial charge in [-0.15, -0.1) is 0 Å². The lowest BCUT2D eigenvalue weighted by atomic mass is 9.84. The molecule has 16 N–H and O–H groups in total. The highest BCUT2D eigenvalue weighted by Crippen LogP contribution is 2.37. The number of rotatable bonds is 9. The molecule has 1 aliphatic carbocycles. The van der Waals surface area contributed by atoms with Gasteiger partial charge in [0.2, 0.25) is 0 Å². The van der Waals surface area contributed by atoms with E-state index in [0.717, 1.165) is 0 Å². The summed E-state index contributed by atoms with van der Waals surface area (Å²) in [6.07, 6.45) is -20.1. The van der Waals surface area contributed by atoms with Crippen molar-refractivity contribution in [3.05, 3.63) is 35.6 Å². The topological polar surface area (TPSA) is 325 Å². The highest BCUT2D eigenvalue weighted by Gasteiger charge is 2.55. The van der Waals surface area contributed by atoms with Crippen LogP contribution in [0.15, 0.2) is 24.3 Å². The normalized spacial score (nSPS) is 49.8. The second kappa shape index (κ2) is 15.8. The Bertz CT molecular complexity index is 1260. The van der Waals surface area contributed by atoms with E-state index in [-0.39, 0.29) is 19.6 Å². The first-order chi connectivity index (χ1) is 23.8. The van der Waals surface area contributed by atoms with E-state index in [1.165, 1.54) is 24.3 Å². The van der Waals surface area contributed by atoms with Crippen LogP contribution in [0.4, 0.5) is 4.39 Å². The maximum Gasteiger partial charge on any atom is 0.187 e. The van der Waals surface area contributed by atoms with Crippen LogP contribution in [0.5, 0.6) is 0 Å². The summed E-state index contributed by atoms with van der Waals surface area (Å²) in [5.41, 5.74) is 31.2. The van der Waals surface area contributed by atoms with Crippen molar-refractivity contribution in [2.75, 3.05) is 19.8 Å². The fourth-order valence-corrected chi connectivity index (χ4v) is 7.00. The van der Waals surface area contributed by atoms with Crippen LogP contribution in [-0.2, 0) is 37.9 Å². The Morgan fingerprint density at radius 3 is 1.98 bits per heavy atom. The summed E-state index contributed by atoms with van der Waals surface area (Å²) >= 11 is 0. The van der Waals surface area contributed by atoms with E-state index in [2.05, 4.69) is 0 Å². The predicted molar refractivity (Wildman–Crippen MR) is 163 cm³/mol. The first-order valence-corrected chi connectivity index (χ1v) is 16.5. The minimum atomic E-state index is -1.62. The van der Waals surface area contributed by atoms with Crippen molar-refractivity contribution in [2.45, 2.75) is 129 Å². The number of fused-ring (bicyclic) bond motifs is 1. The molecule has 5 aliphatic rings. The third kappa shape index (κ3) is 7.43. The SMILES string of the molecule is NCC1O[C@H](O[C@H]2[C@@H](O)[C@H](O[C@@H]3[C@@H](O)[C@H](N)C[C@H](N)[C@@H]3O[C@H]3O[C@@H]4COC(c5ccc(F)cc5)O[C@H]4[C@H](O)[C@H]3N)O[C@@H]2CO)[C@H](N)[C@@H](O)[C@@H]1O. The molecule has 284 valence electrons. The number of benzene rings is 1. The number of aliphatic hydroxyl groups is 6. The van der Waals surface area contributed by atoms with Crippen LogP contribution in [0.2, 0.25) is 0 Å². The van der Waals surface area contributed by atoms with Gasteiger partial charge in [0, 0.05) is 24.2 Å². The van der Waals surface area contributed by atoms with Crippen molar-refractivity contribution in [3.8, 4) is 0 Å². The van der Waals surface area contributed by atoms with Crippen LogP contribution < -0.4 is 28.7 Å². The maximum atomic E-state index is 13.4. The number of aliphatic hydroxyl groups excluding tert-OH is 6. The molecule has 6 rings (SSSR count). The molecule has 50 heavy (non-hydrogen) atoms. The molecule has 0 amide bonds. The molecule has 20 heteroatoms. The summed E-state index contributed by atoms with van der Waals surface area (Å²) in [6, 6.07) is 1.32. The molecule has 0 aromatic heterocycles. The molecule has 0 bridgehead atoms. The zero-order valence-electron chi connectivity index (χ0n) is 26.9. The van der Waals surface area contributed by atoms with Crippen LogP contribution >= 0.6 is 0 Å². The van der Waals surface area contributed by atoms with Gasteiger partial charge >= 0.3 is 0 Å². The summed E-state index contributed by atoms with van der Waals surface area (Å²) in [5, 5.41) is 64.2. The molecular formula is C30H48FN5O14. The van der Waals surface area contributed by atoms with E-state index < -0.39 is 135 Å². The molecule has 1 aromatic carbocycles. The van der Waals surface area contributed by atoms with Gasteiger partial charge in [-0.25, -0.2) is 4.39 Å². The van der Waals surface area contributed by atoms with Crippen LogP contribution in [0.3, 0.4) is 0 Å². The molecular weight excluding hydrogens is 673 g/mol. The lowest BCUT2D eigenvalue weighted by molar-refractivity contribution is -0.356. The second-order valence-electron chi connectivity index (χ2n) is 13.3. The minimum Gasteiger partial charge on any atom is -0.394 e. The van der Waals surface area contributed by atoms with Gasteiger partial charge in [-0.3, -0.25) is 0 Å². The Morgan fingerprint density at radius 2 is 1.30 bits per heavy atom. The summed E-state index contributed by atoms with van der Waals surface area (Å²) in [5.74, 6) is -0.433. The largest absolute Gasteiger partial charge is 0.394 e. The van der Waals surface area contributed by atoms with Crippen molar-refractivity contribution in [2.24, 2.45) is 28.7 Å². The van der Waals surface area contributed by atoms with Crippen LogP contribution in [0, 0.1) is 5.82 Å². The fourth-order valence-electron chi connectivity index (χ4n) is 7.00. The Labute approximate surface area is 286 Å². The van der Waals surface area contributed by atoms with Gasteiger partial charge < -0.3 is 97.2 Å². The zero-order chi connectivity index (χ0) is 36.0. The van der Waals surface area contributed by atoms with Gasteiger partial charge in [0.25, 0.3) is 0 Å². The van der Waals surface area contributed by atoms with Gasteiger partial charge in [0.1, 0.15) is 73.0 Å². The van der Waals surface area contributed by atoms with Crippen LogP contribution in [0.1, 0.15) is 18.3 Å².